The van der Waals surface area contributed by atoms with Crippen molar-refractivity contribution in [3.8, 4) is 0 Å². The van der Waals surface area contributed by atoms with Gasteiger partial charge in [0.15, 0.2) is 0 Å². The van der Waals surface area contributed by atoms with E-state index >= 15 is 0 Å². The Morgan fingerprint density at radius 2 is 2.17 bits per heavy atom. The second kappa shape index (κ2) is 4.17. The van der Waals surface area contributed by atoms with Gasteiger partial charge >= 0.3 is 0 Å². The highest BCUT2D eigenvalue weighted by molar-refractivity contribution is 7.89. The highest BCUT2D eigenvalue weighted by Gasteiger charge is 2.65. The normalized spacial score (nSPS) is 33.9. The maximum atomic E-state index is 12.2. The summed E-state index contributed by atoms with van der Waals surface area (Å²) in [6, 6.07) is 0. The molecule has 0 heterocycles. The number of nitrogens with one attached hydrogen (secondary N) is 1. The summed E-state index contributed by atoms with van der Waals surface area (Å²) in [6.07, 6.45) is 3.73. The van der Waals surface area contributed by atoms with Gasteiger partial charge in [0, 0.05) is 18.4 Å². The molecule has 2 rings (SSSR count). The van der Waals surface area contributed by atoms with Gasteiger partial charge in [-0.25, -0.2) is 13.1 Å². The second-order valence-electron chi connectivity index (χ2n) is 6.06. The first kappa shape index (κ1) is 13.7. The number of rotatable bonds is 5. The van der Waals surface area contributed by atoms with Crippen LogP contribution in [0, 0.1) is 16.7 Å². The zero-order valence-electron chi connectivity index (χ0n) is 11.0. The van der Waals surface area contributed by atoms with Gasteiger partial charge in [0.2, 0.25) is 10.0 Å². The third kappa shape index (κ3) is 1.84. The number of ketones is 1. The molecular formula is C13H21NO3S. The molecule has 18 heavy (non-hydrogen) atoms. The smallest absolute Gasteiger partial charge is 0.212 e. The summed E-state index contributed by atoms with van der Waals surface area (Å²) in [5, 5.41) is 0. The SMILES string of the molecule is C=CCNS(=O)(=O)C[C@]12CC[C@@H](CC1=O)C2(C)C. The fourth-order valence-corrected chi connectivity index (χ4v) is 5.47. The fourth-order valence-electron chi connectivity index (χ4n) is 3.67. The lowest BCUT2D eigenvalue weighted by Crippen LogP contribution is -2.45. The van der Waals surface area contributed by atoms with Crippen LogP contribution in [0.15, 0.2) is 12.7 Å². The number of carbonyl (C=O) groups is 1. The lowest BCUT2D eigenvalue weighted by Gasteiger charge is -2.36. The van der Waals surface area contributed by atoms with Crippen LogP contribution in [0.1, 0.15) is 33.1 Å². The van der Waals surface area contributed by atoms with Crippen molar-refractivity contribution in [3.63, 3.8) is 0 Å². The summed E-state index contributed by atoms with van der Waals surface area (Å²) < 4.78 is 26.6. The summed E-state index contributed by atoms with van der Waals surface area (Å²) in [6.45, 7) is 7.79. The molecule has 0 amide bonds. The number of sulfonamides is 1. The average molecular weight is 271 g/mol. The number of fused-ring (bicyclic) bond motifs is 2. The van der Waals surface area contributed by atoms with E-state index in [1.807, 2.05) is 13.8 Å². The van der Waals surface area contributed by atoms with Gasteiger partial charge in [0.05, 0.1) is 5.75 Å². The topological polar surface area (TPSA) is 63.2 Å². The summed E-state index contributed by atoms with van der Waals surface area (Å²) >= 11 is 0. The average Bonchev–Trinajstić information content (AvgIpc) is 2.59. The van der Waals surface area contributed by atoms with Gasteiger partial charge in [-0.15, -0.1) is 6.58 Å². The van der Waals surface area contributed by atoms with Gasteiger partial charge in [-0.05, 0) is 24.2 Å². The van der Waals surface area contributed by atoms with E-state index in [9.17, 15) is 13.2 Å². The van der Waals surface area contributed by atoms with Gasteiger partial charge < -0.3 is 0 Å². The minimum atomic E-state index is -3.42. The van der Waals surface area contributed by atoms with Crippen molar-refractivity contribution in [2.45, 2.75) is 33.1 Å². The van der Waals surface area contributed by atoms with E-state index in [4.69, 9.17) is 0 Å². The van der Waals surface area contributed by atoms with Crippen LogP contribution in [-0.4, -0.2) is 26.5 Å². The van der Waals surface area contributed by atoms with Crippen molar-refractivity contribution in [3.05, 3.63) is 12.7 Å². The molecule has 0 aromatic carbocycles. The van der Waals surface area contributed by atoms with Crippen LogP contribution < -0.4 is 4.72 Å². The van der Waals surface area contributed by atoms with Gasteiger partial charge in [-0.3, -0.25) is 4.79 Å². The Balaban J connectivity index is 2.27. The monoisotopic (exact) mass is 271 g/mol. The maximum absolute atomic E-state index is 12.2. The Morgan fingerprint density at radius 3 is 2.61 bits per heavy atom. The molecule has 2 atom stereocenters. The first-order valence-electron chi connectivity index (χ1n) is 6.37. The fraction of sp³-hybridized carbons (Fsp3) is 0.769. The molecular weight excluding hydrogens is 250 g/mol. The van der Waals surface area contributed by atoms with Crippen LogP contribution in [0.5, 0.6) is 0 Å². The van der Waals surface area contributed by atoms with E-state index in [0.29, 0.717) is 18.8 Å². The summed E-state index contributed by atoms with van der Waals surface area (Å²) in [4.78, 5) is 12.2. The molecule has 0 aliphatic heterocycles. The summed E-state index contributed by atoms with van der Waals surface area (Å²) in [7, 11) is -3.42. The zero-order chi connectivity index (χ0) is 13.6. The van der Waals surface area contributed by atoms with Crippen molar-refractivity contribution in [1.29, 1.82) is 0 Å². The van der Waals surface area contributed by atoms with Crippen LogP contribution in [0.3, 0.4) is 0 Å². The van der Waals surface area contributed by atoms with Crippen molar-refractivity contribution < 1.29 is 13.2 Å². The Labute approximate surface area is 109 Å². The van der Waals surface area contributed by atoms with Gasteiger partial charge in [0.25, 0.3) is 0 Å². The second-order valence-corrected chi connectivity index (χ2v) is 7.87. The minimum absolute atomic E-state index is 0.0732. The Bertz CT molecular complexity index is 480. The van der Waals surface area contributed by atoms with E-state index < -0.39 is 15.4 Å². The molecule has 2 saturated carbocycles. The zero-order valence-corrected chi connectivity index (χ0v) is 11.8. The Hall–Kier alpha value is -0.680. The van der Waals surface area contributed by atoms with Gasteiger partial charge in [-0.1, -0.05) is 19.9 Å². The first-order chi connectivity index (χ1) is 8.25. The molecule has 5 heteroatoms. The molecule has 0 spiro atoms. The molecule has 2 aliphatic carbocycles. The van der Waals surface area contributed by atoms with Crippen molar-refractivity contribution in [2.24, 2.45) is 16.7 Å². The van der Waals surface area contributed by atoms with Crippen molar-refractivity contribution >= 4 is 15.8 Å². The number of hydrogen-bond acceptors (Lipinski definition) is 3. The third-order valence-electron chi connectivity index (χ3n) is 5.02. The highest BCUT2D eigenvalue weighted by Crippen LogP contribution is 2.64. The molecule has 0 aromatic rings. The van der Waals surface area contributed by atoms with E-state index in [-0.39, 0.29) is 23.5 Å². The largest absolute Gasteiger partial charge is 0.299 e. The highest BCUT2D eigenvalue weighted by atomic mass is 32.2. The summed E-state index contributed by atoms with van der Waals surface area (Å²) in [5.41, 5.74) is -0.877. The molecule has 0 unspecified atom stereocenters. The standard InChI is InChI=1S/C13H21NO3S/c1-4-7-14-18(16,17)9-13-6-5-10(8-11(13)15)12(13,2)3/h4,10,14H,1,5-9H2,2-3H3/t10-,13+/m0/s1. The predicted molar refractivity (Wildman–Crippen MR) is 70.5 cm³/mol. The molecule has 2 fully saturated rings. The molecule has 0 aromatic heterocycles. The van der Waals surface area contributed by atoms with Gasteiger partial charge in [-0.2, -0.15) is 0 Å². The molecule has 102 valence electrons. The van der Waals surface area contributed by atoms with Crippen LogP contribution in [-0.2, 0) is 14.8 Å². The Morgan fingerprint density at radius 1 is 1.50 bits per heavy atom. The quantitative estimate of drug-likeness (QED) is 0.771. The first-order valence-corrected chi connectivity index (χ1v) is 8.02. The van der Waals surface area contributed by atoms with Gasteiger partial charge in [0.1, 0.15) is 5.78 Å². The van der Waals surface area contributed by atoms with Crippen LogP contribution >= 0.6 is 0 Å². The molecule has 0 radical (unpaired) electrons. The van der Waals surface area contributed by atoms with E-state index in [2.05, 4.69) is 11.3 Å². The van der Waals surface area contributed by atoms with Crippen LogP contribution in [0.4, 0.5) is 0 Å². The molecule has 2 aliphatic rings. The number of carbonyl (C=O) groups excluding carboxylic acids is 1. The number of hydrogen-bond donors (Lipinski definition) is 1. The molecule has 4 nitrogen and oxygen atoms in total. The molecule has 2 bridgehead atoms. The predicted octanol–water partition coefficient (Wildman–Crippen LogP) is 1.49. The third-order valence-corrected chi connectivity index (χ3v) is 6.50. The maximum Gasteiger partial charge on any atom is 0.212 e. The van der Waals surface area contributed by atoms with E-state index in [1.54, 1.807) is 0 Å². The number of Topliss-reactive ketones (excluding diaryl/α,β-unsaturated/α-hetero) is 1. The summed E-state index contributed by atoms with van der Waals surface area (Å²) in [5.74, 6) is 0.406. The molecule has 0 saturated heterocycles. The van der Waals surface area contributed by atoms with Crippen molar-refractivity contribution in [1.82, 2.24) is 4.72 Å². The van der Waals surface area contributed by atoms with E-state index in [0.717, 1.165) is 6.42 Å². The van der Waals surface area contributed by atoms with Crippen LogP contribution in [0.25, 0.3) is 0 Å². The van der Waals surface area contributed by atoms with Crippen LogP contribution in [0.2, 0.25) is 0 Å². The van der Waals surface area contributed by atoms with Crippen molar-refractivity contribution in [2.75, 3.05) is 12.3 Å². The lowest BCUT2D eigenvalue weighted by atomic mass is 9.70. The Kier molecular flexibility index (Phi) is 3.18. The van der Waals surface area contributed by atoms with E-state index in [1.165, 1.54) is 6.08 Å². The minimum Gasteiger partial charge on any atom is -0.299 e. The lowest BCUT2D eigenvalue weighted by molar-refractivity contribution is -0.128. The molecule has 1 N–H and O–H groups in total.